The maximum absolute atomic E-state index is 5.18. The van der Waals surface area contributed by atoms with E-state index in [-0.39, 0.29) is 6.04 Å². The molecule has 0 saturated heterocycles. The van der Waals surface area contributed by atoms with Crippen molar-refractivity contribution in [3.63, 3.8) is 0 Å². The van der Waals surface area contributed by atoms with E-state index >= 15 is 0 Å². The summed E-state index contributed by atoms with van der Waals surface area (Å²) in [6.45, 7) is 5.85. The summed E-state index contributed by atoms with van der Waals surface area (Å²) in [6.07, 6.45) is 6.34. The van der Waals surface area contributed by atoms with Crippen LogP contribution in [0.1, 0.15) is 49.3 Å². The van der Waals surface area contributed by atoms with Crippen molar-refractivity contribution in [3.05, 3.63) is 29.9 Å². The molecule has 1 aliphatic rings. The largest absolute Gasteiger partial charge is 0.338 e. The summed E-state index contributed by atoms with van der Waals surface area (Å²) in [4.78, 5) is 8.71. The van der Waals surface area contributed by atoms with E-state index in [0.29, 0.717) is 17.6 Å². The molecule has 2 aromatic heterocycles. The molecule has 3 heterocycles. The van der Waals surface area contributed by atoms with Crippen LogP contribution in [0.25, 0.3) is 0 Å². The fraction of sp³-hybridized carbons (Fsp3) is 0.615. The first-order valence-electron chi connectivity index (χ1n) is 6.78. The second-order valence-electron chi connectivity index (χ2n) is 5.13. The highest BCUT2D eigenvalue weighted by Crippen LogP contribution is 2.25. The van der Waals surface area contributed by atoms with Crippen molar-refractivity contribution < 1.29 is 4.52 Å². The summed E-state index contributed by atoms with van der Waals surface area (Å²) in [6, 6.07) is 0.0755. The molecule has 0 saturated carbocycles. The maximum Gasteiger partial charge on any atom is 0.243 e. The third-order valence-electron chi connectivity index (χ3n) is 3.65. The van der Waals surface area contributed by atoms with Crippen molar-refractivity contribution in [2.75, 3.05) is 6.54 Å². The lowest BCUT2D eigenvalue weighted by Gasteiger charge is -2.24. The molecule has 1 N–H and O–H groups in total. The summed E-state index contributed by atoms with van der Waals surface area (Å²) < 4.78 is 7.42. The van der Waals surface area contributed by atoms with E-state index in [4.69, 9.17) is 4.52 Å². The van der Waals surface area contributed by atoms with E-state index in [1.807, 2.05) is 20.0 Å². The Morgan fingerprint density at radius 2 is 2.47 bits per heavy atom. The average molecular weight is 261 g/mol. The number of aryl methyl sites for hydroxylation is 2. The van der Waals surface area contributed by atoms with Gasteiger partial charge >= 0.3 is 0 Å². The second kappa shape index (κ2) is 5.13. The molecule has 0 aromatic carbocycles. The maximum atomic E-state index is 5.18. The predicted octanol–water partition coefficient (Wildman–Crippen LogP) is 1.80. The zero-order valence-corrected chi connectivity index (χ0v) is 11.3. The highest BCUT2D eigenvalue weighted by atomic mass is 16.5. The van der Waals surface area contributed by atoms with Gasteiger partial charge < -0.3 is 14.4 Å². The molecule has 2 aromatic rings. The number of nitrogens with zero attached hydrogens (tertiary/aromatic N) is 4. The molecule has 6 nitrogen and oxygen atoms in total. The van der Waals surface area contributed by atoms with Crippen molar-refractivity contribution in [2.24, 2.45) is 0 Å². The number of aromatic nitrogens is 4. The lowest BCUT2D eigenvalue weighted by atomic mass is 9.98. The van der Waals surface area contributed by atoms with Gasteiger partial charge in [-0.05, 0) is 26.7 Å². The number of fused-ring (bicyclic) bond motifs is 1. The quantitative estimate of drug-likeness (QED) is 0.909. The van der Waals surface area contributed by atoms with Crippen LogP contribution in [0, 0.1) is 6.92 Å². The lowest BCUT2D eigenvalue weighted by Crippen LogP contribution is -2.28. The summed E-state index contributed by atoms with van der Waals surface area (Å²) in [7, 11) is 0. The minimum atomic E-state index is 0.0755. The van der Waals surface area contributed by atoms with Crippen LogP contribution in [-0.2, 0) is 6.54 Å². The first kappa shape index (κ1) is 12.3. The molecule has 0 unspecified atom stereocenters. The Labute approximate surface area is 112 Å². The van der Waals surface area contributed by atoms with Crippen LogP contribution >= 0.6 is 0 Å². The molecular formula is C13H19N5O. The van der Waals surface area contributed by atoms with Crippen LogP contribution in [-0.4, -0.2) is 26.2 Å². The average Bonchev–Trinajstić information content (AvgIpc) is 3.04. The van der Waals surface area contributed by atoms with Crippen LogP contribution in [0.3, 0.4) is 0 Å². The Balaban J connectivity index is 1.62. The number of hydrogen-bond donors (Lipinski definition) is 1. The van der Waals surface area contributed by atoms with Gasteiger partial charge in [-0.1, -0.05) is 5.16 Å². The zero-order valence-electron chi connectivity index (χ0n) is 11.3. The van der Waals surface area contributed by atoms with Gasteiger partial charge in [0.15, 0.2) is 5.82 Å². The Bertz CT molecular complexity index is 547. The first-order chi connectivity index (χ1) is 9.24. The molecule has 1 aliphatic heterocycles. The zero-order chi connectivity index (χ0) is 13.2. The van der Waals surface area contributed by atoms with Crippen LogP contribution < -0.4 is 5.32 Å². The highest BCUT2D eigenvalue weighted by molar-refractivity contribution is 5.04. The second-order valence-corrected chi connectivity index (χ2v) is 5.13. The van der Waals surface area contributed by atoms with Crippen molar-refractivity contribution in [1.29, 1.82) is 0 Å². The fourth-order valence-electron chi connectivity index (χ4n) is 2.60. The number of nitrogens with one attached hydrogen (secondary N) is 1. The Kier molecular flexibility index (Phi) is 3.33. The number of rotatable bonds is 4. The number of imidazole rings is 1. The Morgan fingerprint density at radius 3 is 3.26 bits per heavy atom. The standard InChI is InChI=1S/C13H19N5O/c1-9(13-16-10(2)17-19-13)15-8-11-4-3-6-18-7-5-14-12(11)18/h5,7,9,11,15H,3-4,6,8H2,1-2H3/t9-,11+/m0/s1. The molecule has 6 heteroatoms. The third kappa shape index (κ3) is 2.53. The predicted molar refractivity (Wildman–Crippen MR) is 69.7 cm³/mol. The van der Waals surface area contributed by atoms with Crippen LogP contribution in [0.4, 0.5) is 0 Å². The van der Waals surface area contributed by atoms with Crippen molar-refractivity contribution >= 4 is 0 Å². The normalized spacial score (nSPS) is 20.2. The molecule has 0 amide bonds. The molecule has 0 spiro atoms. The highest BCUT2D eigenvalue weighted by Gasteiger charge is 2.22. The van der Waals surface area contributed by atoms with Crippen LogP contribution in [0.5, 0.6) is 0 Å². The van der Waals surface area contributed by atoms with Gasteiger partial charge in [0.2, 0.25) is 5.89 Å². The summed E-state index contributed by atoms with van der Waals surface area (Å²) in [5.41, 5.74) is 0. The van der Waals surface area contributed by atoms with Gasteiger partial charge in [0.1, 0.15) is 5.82 Å². The molecular weight excluding hydrogens is 242 g/mol. The molecule has 102 valence electrons. The van der Waals surface area contributed by atoms with Gasteiger partial charge in [-0.2, -0.15) is 4.98 Å². The summed E-state index contributed by atoms with van der Waals surface area (Å²) in [5, 5.41) is 7.28. The topological polar surface area (TPSA) is 68.8 Å². The van der Waals surface area contributed by atoms with Crippen molar-refractivity contribution in [1.82, 2.24) is 25.0 Å². The summed E-state index contributed by atoms with van der Waals surface area (Å²) in [5.74, 6) is 2.98. The first-order valence-corrected chi connectivity index (χ1v) is 6.78. The van der Waals surface area contributed by atoms with Gasteiger partial charge in [-0.25, -0.2) is 4.98 Å². The molecule has 19 heavy (non-hydrogen) atoms. The van der Waals surface area contributed by atoms with E-state index in [1.54, 1.807) is 0 Å². The fourth-order valence-corrected chi connectivity index (χ4v) is 2.60. The molecule has 0 aliphatic carbocycles. The third-order valence-corrected chi connectivity index (χ3v) is 3.65. The smallest absolute Gasteiger partial charge is 0.243 e. The SMILES string of the molecule is Cc1noc([C@H](C)NC[C@H]2CCCn3ccnc32)n1. The van der Waals surface area contributed by atoms with Gasteiger partial charge in [-0.3, -0.25) is 0 Å². The van der Waals surface area contributed by atoms with E-state index < -0.39 is 0 Å². The molecule has 0 radical (unpaired) electrons. The van der Waals surface area contributed by atoms with Gasteiger partial charge in [0, 0.05) is 31.4 Å². The van der Waals surface area contributed by atoms with Gasteiger partial charge in [0.25, 0.3) is 0 Å². The molecule has 0 bridgehead atoms. The summed E-state index contributed by atoms with van der Waals surface area (Å²) >= 11 is 0. The molecule has 2 atom stereocenters. The Hall–Kier alpha value is -1.69. The van der Waals surface area contributed by atoms with Crippen LogP contribution in [0.15, 0.2) is 16.9 Å². The monoisotopic (exact) mass is 261 g/mol. The number of hydrogen-bond acceptors (Lipinski definition) is 5. The van der Waals surface area contributed by atoms with Crippen molar-refractivity contribution in [2.45, 2.75) is 45.2 Å². The van der Waals surface area contributed by atoms with Crippen molar-refractivity contribution in [3.8, 4) is 0 Å². The molecule has 0 fully saturated rings. The van der Waals surface area contributed by atoms with Gasteiger partial charge in [-0.15, -0.1) is 0 Å². The molecule has 3 rings (SSSR count). The van der Waals surface area contributed by atoms with E-state index in [0.717, 1.165) is 13.1 Å². The minimum absolute atomic E-state index is 0.0755. The van der Waals surface area contributed by atoms with Gasteiger partial charge in [0.05, 0.1) is 6.04 Å². The van der Waals surface area contributed by atoms with E-state index in [1.165, 1.54) is 18.7 Å². The Morgan fingerprint density at radius 1 is 1.58 bits per heavy atom. The lowest BCUT2D eigenvalue weighted by molar-refractivity contribution is 0.326. The minimum Gasteiger partial charge on any atom is -0.338 e. The van der Waals surface area contributed by atoms with E-state index in [2.05, 4.69) is 31.2 Å². The van der Waals surface area contributed by atoms with Crippen LogP contribution in [0.2, 0.25) is 0 Å². The van der Waals surface area contributed by atoms with E-state index in [9.17, 15) is 0 Å².